The molecule has 0 radical (unpaired) electrons. The van der Waals surface area contributed by atoms with Crippen LogP contribution in [0, 0.1) is 16.7 Å². The summed E-state index contributed by atoms with van der Waals surface area (Å²) in [6.45, 7) is 0. The molecule has 4 nitrogen and oxygen atoms in total. The van der Waals surface area contributed by atoms with Crippen LogP contribution in [0.2, 0.25) is 0 Å². The first-order valence-corrected chi connectivity index (χ1v) is 5.89. The Labute approximate surface area is 85.7 Å². The molecule has 0 aromatic rings. The lowest BCUT2D eigenvalue weighted by atomic mass is 10.1. The minimum absolute atomic E-state index is 0.0585. The number of esters is 1. The van der Waals surface area contributed by atoms with Crippen LogP contribution in [0.1, 0.15) is 19.3 Å². The normalized spacial score (nSPS) is 19.4. The van der Waals surface area contributed by atoms with Gasteiger partial charge in [-0.2, -0.15) is 5.26 Å². The van der Waals surface area contributed by atoms with Gasteiger partial charge in [-0.25, -0.2) is 0 Å². The van der Waals surface area contributed by atoms with Crippen molar-refractivity contribution in [2.45, 2.75) is 19.3 Å². The van der Waals surface area contributed by atoms with Crippen molar-refractivity contribution in [3.63, 3.8) is 0 Å². The Balaban J connectivity index is 2.40. The van der Waals surface area contributed by atoms with E-state index in [2.05, 4.69) is 4.74 Å². The van der Waals surface area contributed by atoms with Crippen LogP contribution in [0.25, 0.3) is 0 Å². The lowest BCUT2D eigenvalue weighted by Gasteiger charge is -2.11. The second kappa shape index (κ2) is 4.56. The fraction of sp³-hybridized carbons (Fsp3) is 0.778. The van der Waals surface area contributed by atoms with Gasteiger partial charge < -0.3 is 4.74 Å². The van der Waals surface area contributed by atoms with Crippen LogP contribution >= 0.6 is 0 Å². The van der Waals surface area contributed by atoms with E-state index in [1.807, 2.05) is 6.07 Å². The van der Waals surface area contributed by atoms with Crippen molar-refractivity contribution in [2.75, 3.05) is 18.6 Å². The number of nitriles is 1. The monoisotopic (exact) mass is 215 g/mol. The first-order chi connectivity index (χ1) is 6.62. The molecule has 0 aromatic heterocycles. The van der Waals surface area contributed by atoms with Gasteiger partial charge in [0.1, 0.15) is 5.75 Å². The summed E-state index contributed by atoms with van der Waals surface area (Å²) in [6, 6.07) is 1.87. The van der Waals surface area contributed by atoms with Crippen LogP contribution < -0.4 is 0 Å². The maximum absolute atomic E-state index is 11.3. The highest BCUT2D eigenvalue weighted by Crippen LogP contribution is 2.49. The highest BCUT2D eigenvalue weighted by atomic mass is 32.2. The van der Waals surface area contributed by atoms with E-state index < -0.39 is 10.8 Å². The zero-order chi connectivity index (χ0) is 10.6. The summed E-state index contributed by atoms with van der Waals surface area (Å²) in [5.41, 5.74) is -0.130. The molecule has 0 saturated heterocycles. The van der Waals surface area contributed by atoms with Crippen molar-refractivity contribution in [3.05, 3.63) is 0 Å². The molecule has 1 atom stereocenters. The SMILES string of the molecule is COC(=O)CC1(CS(=O)CC#N)CC1. The number of carbonyl (C=O) groups is 1. The van der Waals surface area contributed by atoms with Gasteiger partial charge >= 0.3 is 5.97 Å². The van der Waals surface area contributed by atoms with Gasteiger partial charge in [-0.3, -0.25) is 9.00 Å². The van der Waals surface area contributed by atoms with Gasteiger partial charge in [-0.1, -0.05) is 0 Å². The summed E-state index contributed by atoms with van der Waals surface area (Å²) in [5.74, 6) is 0.259. The Morgan fingerprint density at radius 2 is 2.29 bits per heavy atom. The molecule has 0 amide bonds. The molecule has 1 aliphatic carbocycles. The average Bonchev–Trinajstić information content (AvgIpc) is 2.85. The summed E-state index contributed by atoms with van der Waals surface area (Å²) in [7, 11) is 0.238. The minimum Gasteiger partial charge on any atom is -0.469 e. The van der Waals surface area contributed by atoms with E-state index >= 15 is 0 Å². The summed E-state index contributed by atoms with van der Waals surface area (Å²) in [4.78, 5) is 11.0. The van der Waals surface area contributed by atoms with E-state index in [1.165, 1.54) is 7.11 Å². The van der Waals surface area contributed by atoms with Crippen LogP contribution in [-0.2, 0) is 20.3 Å². The Morgan fingerprint density at radius 3 is 2.71 bits per heavy atom. The quantitative estimate of drug-likeness (QED) is 0.630. The number of nitrogens with zero attached hydrogens (tertiary/aromatic N) is 1. The molecular weight excluding hydrogens is 202 g/mol. The molecule has 0 aliphatic heterocycles. The largest absolute Gasteiger partial charge is 0.469 e. The summed E-state index contributed by atoms with van der Waals surface area (Å²) in [6.07, 6.45) is 2.17. The van der Waals surface area contributed by atoms with Crippen molar-refractivity contribution in [1.82, 2.24) is 0 Å². The van der Waals surface area contributed by atoms with Gasteiger partial charge in [0.15, 0.2) is 0 Å². The highest BCUT2D eigenvalue weighted by Gasteiger charge is 2.45. The first kappa shape index (κ1) is 11.2. The zero-order valence-electron chi connectivity index (χ0n) is 8.12. The highest BCUT2D eigenvalue weighted by molar-refractivity contribution is 7.85. The topological polar surface area (TPSA) is 67.2 Å². The molecule has 1 rings (SSSR count). The lowest BCUT2D eigenvalue weighted by Crippen LogP contribution is -2.18. The summed E-state index contributed by atoms with van der Waals surface area (Å²) in [5, 5.41) is 8.35. The second-order valence-electron chi connectivity index (χ2n) is 3.64. The van der Waals surface area contributed by atoms with E-state index in [0.717, 1.165) is 12.8 Å². The van der Waals surface area contributed by atoms with Gasteiger partial charge in [0.25, 0.3) is 0 Å². The van der Waals surface area contributed by atoms with E-state index in [9.17, 15) is 9.00 Å². The first-order valence-electron chi connectivity index (χ1n) is 4.41. The van der Waals surface area contributed by atoms with E-state index in [4.69, 9.17) is 5.26 Å². The van der Waals surface area contributed by atoms with E-state index in [-0.39, 0.29) is 17.1 Å². The zero-order valence-corrected chi connectivity index (χ0v) is 8.93. The average molecular weight is 215 g/mol. The molecule has 14 heavy (non-hydrogen) atoms. The van der Waals surface area contributed by atoms with Crippen LogP contribution in [0.3, 0.4) is 0 Å². The molecule has 0 bridgehead atoms. The molecule has 1 unspecified atom stereocenters. The smallest absolute Gasteiger partial charge is 0.306 e. The fourth-order valence-electron chi connectivity index (χ4n) is 1.39. The Kier molecular flexibility index (Phi) is 3.64. The van der Waals surface area contributed by atoms with Crippen molar-refractivity contribution in [3.8, 4) is 6.07 Å². The fourth-order valence-corrected chi connectivity index (χ4v) is 2.71. The number of hydrogen-bond donors (Lipinski definition) is 0. The molecule has 0 heterocycles. The standard InChI is InChI=1S/C9H13NO3S/c1-13-8(11)6-9(2-3-9)7-14(12)5-4-10/h2-3,5-7H2,1H3. The third-order valence-corrected chi connectivity index (χ3v) is 3.78. The molecule has 1 aliphatic rings. The number of ether oxygens (including phenoxy) is 1. The summed E-state index contributed by atoms with van der Waals surface area (Å²) >= 11 is 0. The lowest BCUT2D eigenvalue weighted by molar-refractivity contribution is -0.141. The van der Waals surface area contributed by atoms with Crippen LogP contribution in [0.5, 0.6) is 0 Å². The molecule has 1 saturated carbocycles. The molecule has 0 aromatic carbocycles. The van der Waals surface area contributed by atoms with Crippen LogP contribution in [0.15, 0.2) is 0 Å². The molecule has 0 N–H and O–H groups in total. The molecule has 5 heteroatoms. The van der Waals surface area contributed by atoms with Crippen LogP contribution in [-0.4, -0.2) is 28.8 Å². The second-order valence-corrected chi connectivity index (χ2v) is 5.10. The van der Waals surface area contributed by atoms with Gasteiger partial charge in [-0.15, -0.1) is 0 Å². The van der Waals surface area contributed by atoms with Crippen molar-refractivity contribution in [1.29, 1.82) is 5.26 Å². The Morgan fingerprint density at radius 1 is 1.64 bits per heavy atom. The Bertz CT molecular complexity index is 291. The predicted molar refractivity (Wildman–Crippen MR) is 51.8 cm³/mol. The van der Waals surface area contributed by atoms with Crippen LogP contribution in [0.4, 0.5) is 0 Å². The van der Waals surface area contributed by atoms with E-state index in [1.54, 1.807) is 0 Å². The molecule has 0 spiro atoms. The number of methoxy groups -OCH3 is 1. The van der Waals surface area contributed by atoms with Crippen molar-refractivity contribution in [2.24, 2.45) is 5.41 Å². The number of hydrogen-bond acceptors (Lipinski definition) is 4. The number of carbonyl (C=O) groups excluding carboxylic acids is 1. The molecule has 1 fully saturated rings. The third kappa shape index (κ3) is 3.11. The van der Waals surface area contributed by atoms with Gasteiger partial charge in [-0.05, 0) is 18.3 Å². The minimum atomic E-state index is -1.11. The molecular formula is C9H13NO3S. The van der Waals surface area contributed by atoms with Crippen molar-refractivity contribution < 1.29 is 13.7 Å². The van der Waals surface area contributed by atoms with Gasteiger partial charge in [0, 0.05) is 16.6 Å². The maximum Gasteiger partial charge on any atom is 0.306 e. The third-order valence-electron chi connectivity index (χ3n) is 2.40. The molecule has 78 valence electrons. The van der Waals surface area contributed by atoms with E-state index in [0.29, 0.717) is 12.2 Å². The Hall–Kier alpha value is -0.890. The van der Waals surface area contributed by atoms with Gasteiger partial charge in [0.05, 0.1) is 19.6 Å². The maximum atomic E-state index is 11.3. The summed E-state index contributed by atoms with van der Waals surface area (Å²) < 4.78 is 15.9. The van der Waals surface area contributed by atoms with Gasteiger partial charge in [0.2, 0.25) is 0 Å². The van der Waals surface area contributed by atoms with Crippen molar-refractivity contribution >= 4 is 16.8 Å². The predicted octanol–water partition coefficient (Wildman–Crippen LogP) is 0.602. The number of rotatable bonds is 5.